The molecule has 0 aliphatic heterocycles. The maximum absolute atomic E-state index is 13.7. The van der Waals surface area contributed by atoms with Crippen molar-refractivity contribution >= 4 is 36.7 Å². The predicted molar refractivity (Wildman–Crippen MR) is 209 cm³/mol. The van der Waals surface area contributed by atoms with Gasteiger partial charge in [0.25, 0.3) is 5.91 Å². The third-order valence-electron chi connectivity index (χ3n) is 9.22. The number of benzene rings is 2. The highest BCUT2D eigenvalue weighted by Crippen LogP contribution is 2.22. The minimum atomic E-state index is -1.82. The summed E-state index contributed by atoms with van der Waals surface area (Å²) in [6.45, 7) is 6.82. The number of nitrogens with one attached hydrogen (secondary N) is 4. The van der Waals surface area contributed by atoms with Gasteiger partial charge in [-0.15, -0.1) is 0 Å². The molecule has 0 aliphatic carbocycles. The summed E-state index contributed by atoms with van der Waals surface area (Å²) in [4.78, 5) is 67.8. The number of amides is 5. The van der Waals surface area contributed by atoms with Gasteiger partial charge in [-0.2, -0.15) is 0 Å². The Morgan fingerprint density at radius 1 is 0.722 bits per heavy atom. The predicted octanol–water partition coefficient (Wildman–Crippen LogP) is 0.377. The lowest BCUT2D eigenvalue weighted by atomic mass is 9.81. The molecule has 0 bridgehead atoms. The highest BCUT2D eigenvalue weighted by Gasteiger charge is 2.34. The average molecular weight is 754 g/mol. The van der Waals surface area contributed by atoms with E-state index in [-0.39, 0.29) is 19.4 Å². The van der Waals surface area contributed by atoms with E-state index < -0.39 is 72.9 Å². The van der Waals surface area contributed by atoms with Crippen LogP contribution in [-0.2, 0) is 25.6 Å². The van der Waals surface area contributed by atoms with Gasteiger partial charge in [0.2, 0.25) is 23.6 Å². The molecule has 2 aromatic rings. The Morgan fingerprint density at radius 2 is 1.31 bits per heavy atom. The second-order valence-corrected chi connectivity index (χ2v) is 13.8. The zero-order chi connectivity index (χ0) is 40.4. The van der Waals surface area contributed by atoms with Crippen LogP contribution in [0.1, 0.15) is 88.6 Å². The van der Waals surface area contributed by atoms with E-state index >= 15 is 0 Å². The minimum Gasteiger partial charge on any atom is -0.426 e. The molecule has 6 atom stereocenters. The smallest absolute Gasteiger partial charge is 0.426 e. The highest BCUT2D eigenvalue weighted by molar-refractivity contribution is 6.43. The van der Waals surface area contributed by atoms with Crippen LogP contribution >= 0.6 is 0 Å². The van der Waals surface area contributed by atoms with E-state index in [4.69, 9.17) is 11.5 Å². The van der Waals surface area contributed by atoms with Gasteiger partial charge in [0.05, 0.1) is 12.0 Å². The lowest BCUT2D eigenvalue weighted by molar-refractivity contribution is -0.136. The molecule has 11 N–H and O–H groups in total. The summed E-state index contributed by atoms with van der Waals surface area (Å²) in [7, 11) is -0.332. The molecule has 0 heterocycles. The fraction of sp³-hybridized carbons (Fsp3) is 0.553. The Morgan fingerprint density at radius 3 is 1.85 bits per heavy atom. The van der Waals surface area contributed by atoms with Crippen molar-refractivity contribution < 1.29 is 39.1 Å². The molecule has 2 rings (SSSR count). The number of unbranched alkanes of at least 4 members (excludes halogenated alkanes) is 2. The van der Waals surface area contributed by atoms with Gasteiger partial charge >= 0.3 is 7.12 Å². The minimum absolute atomic E-state index is 0.180. The number of likely N-dealkylation sites (N-methyl/N-ethyl adjacent to an activating group) is 1. The van der Waals surface area contributed by atoms with Gasteiger partial charge in [-0.3, -0.25) is 24.0 Å². The van der Waals surface area contributed by atoms with Crippen LogP contribution < -0.4 is 32.7 Å². The molecule has 0 aliphatic rings. The fourth-order valence-corrected chi connectivity index (χ4v) is 5.69. The standard InChI is InChI=1S/C38H60BN7O8/c1-6-7-11-27-14-16-28(17-15-27)29-18-20-30(21-19-29)38(52)46(5)32(13-10-23-41)36(50)45-33(25(3)47)37(51)42-24(2)34(48)44-31(12-8-9-22-40)35(49)43-26(4)39(53)54/h14-21,24-26,31-33,47,53-54H,6-13,22-23,40-41H2,1-5H3,(H,42,51)(H,43,49)(H,44,48)(H,45,50)/t24-,25?,26-,31-,32-,33-/m0/s1. The second kappa shape index (κ2) is 23.4. The Balaban J connectivity index is 2.14. The van der Waals surface area contributed by atoms with Crippen LogP contribution in [0.25, 0.3) is 11.1 Å². The molecule has 0 aromatic heterocycles. The lowest BCUT2D eigenvalue weighted by Crippen LogP contribution is -2.60. The molecule has 16 heteroatoms. The summed E-state index contributed by atoms with van der Waals surface area (Å²) in [5.74, 6) is -4.39. The molecule has 15 nitrogen and oxygen atoms in total. The van der Waals surface area contributed by atoms with Gasteiger partial charge in [-0.1, -0.05) is 49.7 Å². The number of aryl methyl sites for hydroxylation is 1. The molecular formula is C38H60BN7O8. The van der Waals surface area contributed by atoms with E-state index in [1.165, 1.54) is 38.3 Å². The largest absolute Gasteiger partial charge is 0.475 e. The van der Waals surface area contributed by atoms with Gasteiger partial charge in [0.15, 0.2) is 0 Å². The van der Waals surface area contributed by atoms with Crippen LogP contribution in [0.5, 0.6) is 0 Å². The topological polar surface area (TPSA) is 249 Å². The van der Waals surface area contributed by atoms with E-state index in [0.29, 0.717) is 31.4 Å². The third-order valence-corrected chi connectivity index (χ3v) is 9.22. The summed E-state index contributed by atoms with van der Waals surface area (Å²) in [5.41, 5.74) is 14.9. The van der Waals surface area contributed by atoms with Crippen LogP contribution in [0.3, 0.4) is 0 Å². The molecule has 1 unspecified atom stereocenters. The normalized spacial score (nSPS) is 14.4. The summed E-state index contributed by atoms with van der Waals surface area (Å²) in [6.07, 6.45) is 3.71. The molecule has 2 aromatic carbocycles. The lowest BCUT2D eigenvalue weighted by Gasteiger charge is -2.30. The van der Waals surface area contributed by atoms with Crippen LogP contribution in [-0.4, -0.2) is 113 Å². The first-order valence-corrected chi connectivity index (χ1v) is 18.8. The molecule has 54 heavy (non-hydrogen) atoms. The SMILES string of the molecule is CCCCc1ccc(-c2ccc(C(=O)N(C)[C@@H](CCCN)C(=O)N[C@H](C(=O)N[C@@H](C)C(=O)N[C@@H](CCCCN)C(=O)N[C@@H](C)B(O)O)C(C)O)cc2)cc1. The van der Waals surface area contributed by atoms with Gasteiger partial charge in [0, 0.05) is 12.6 Å². The Bertz CT molecular complexity index is 1490. The summed E-state index contributed by atoms with van der Waals surface area (Å²) >= 11 is 0. The van der Waals surface area contributed by atoms with E-state index in [2.05, 4.69) is 52.5 Å². The monoisotopic (exact) mass is 753 g/mol. The molecule has 5 amide bonds. The molecule has 298 valence electrons. The molecule has 0 fully saturated rings. The van der Waals surface area contributed by atoms with E-state index in [1.807, 2.05) is 12.1 Å². The number of hydrogen-bond donors (Lipinski definition) is 9. The van der Waals surface area contributed by atoms with E-state index in [1.54, 1.807) is 12.1 Å². The van der Waals surface area contributed by atoms with Gasteiger partial charge in [-0.05, 0) is 108 Å². The van der Waals surface area contributed by atoms with Crippen molar-refractivity contribution in [3.8, 4) is 11.1 Å². The van der Waals surface area contributed by atoms with Gasteiger partial charge in [0.1, 0.15) is 24.2 Å². The summed E-state index contributed by atoms with van der Waals surface area (Å²) in [6, 6.07) is 10.6. The maximum atomic E-state index is 13.7. The van der Waals surface area contributed by atoms with Crippen LogP contribution in [0.2, 0.25) is 0 Å². The average Bonchev–Trinajstić information content (AvgIpc) is 3.15. The zero-order valence-corrected chi connectivity index (χ0v) is 32.2. The first-order chi connectivity index (χ1) is 25.6. The summed E-state index contributed by atoms with van der Waals surface area (Å²) < 4.78 is 0. The van der Waals surface area contributed by atoms with Crippen molar-refractivity contribution in [2.24, 2.45) is 11.5 Å². The van der Waals surface area contributed by atoms with Crippen molar-refractivity contribution in [2.75, 3.05) is 20.1 Å². The van der Waals surface area contributed by atoms with E-state index in [0.717, 1.165) is 30.4 Å². The second-order valence-electron chi connectivity index (χ2n) is 13.8. The van der Waals surface area contributed by atoms with Crippen molar-refractivity contribution in [1.29, 1.82) is 0 Å². The fourth-order valence-electron chi connectivity index (χ4n) is 5.69. The summed E-state index contributed by atoms with van der Waals surface area (Å²) in [5, 5.41) is 39.3. The van der Waals surface area contributed by atoms with Crippen molar-refractivity contribution in [1.82, 2.24) is 26.2 Å². The quantitative estimate of drug-likeness (QED) is 0.0558. The number of carbonyl (C=O) groups is 5. The Kier molecular flexibility index (Phi) is 19.9. The van der Waals surface area contributed by atoms with Gasteiger partial charge < -0.3 is 52.8 Å². The molecule has 0 saturated carbocycles. The number of aliphatic hydroxyl groups is 1. The van der Waals surface area contributed by atoms with Crippen molar-refractivity contribution in [3.05, 3.63) is 59.7 Å². The zero-order valence-electron chi connectivity index (χ0n) is 32.2. The number of hydrogen-bond acceptors (Lipinski definition) is 10. The van der Waals surface area contributed by atoms with Crippen LogP contribution in [0, 0.1) is 0 Å². The van der Waals surface area contributed by atoms with Crippen LogP contribution in [0.4, 0.5) is 0 Å². The molecule has 0 radical (unpaired) electrons. The van der Waals surface area contributed by atoms with Crippen molar-refractivity contribution in [3.63, 3.8) is 0 Å². The maximum Gasteiger partial charge on any atom is 0.475 e. The highest BCUT2D eigenvalue weighted by atomic mass is 16.4. The molecule has 0 saturated heterocycles. The molecule has 0 spiro atoms. The number of carbonyl (C=O) groups excluding carboxylic acids is 5. The van der Waals surface area contributed by atoms with E-state index in [9.17, 15) is 39.1 Å². The molecular weight excluding hydrogens is 693 g/mol. The number of nitrogens with two attached hydrogens (primary N) is 2. The van der Waals surface area contributed by atoms with Gasteiger partial charge in [-0.25, -0.2) is 0 Å². The van der Waals surface area contributed by atoms with Crippen molar-refractivity contribution in [2.45, 2.75) is 115 Å². The number of rotatable bonds is 23. The first-order valence-electron chi connectivity index (χ1n) is 18.8. The Labute approximate surface area is 319 Å². The third kappa shape index (κ3) is 14.5. The number of nitrogens with zero attached hydrogens (tertiary/aromatic N) is 1. The Hall–Kier alpha value is -4.35. The van der Waals surface area contributed by atoms with Crippen LogP contribution in [0.15, 0.2) is 48.5 Å². The first kappa shape index (κ1) is 45.8. The number of aliphatic hydroxyl groups excluding tert-OH is 1.